The Morgan fingerprint density at radius 1 is 0.968 bits per heavy atom. The number of piperazine rings is 1. The molecule has 3 aromatic heterocycles. The highest BCUT2D eigenvalue weighted by Crippen LogP contribution is 2.28. The fourth-order valence-corrected chi connectivity index (χ4v) is 3.67. The number of benzene rings is 1. The Morgan fingerprint density at radius 3 is 2.58 bits per heavy atom. The van der Waals surface area contributed by atoms with E-state index in [1.807, 2.05) is 4.90 Å². The predicted octanol–water partition coefficient (Wildman–Crippen LogP) is 2.76. The van der Waals surface area contributed by atoms with Crippen LogP contribution >= 0.6 is 0 Å². The number of nitrogens with one attached hydrogen (secondary N) is 1. The van der Waals surface area contributed by atoms with Crippen molar-refractivity contribution in [2.45, 2.75) is 6.54 Å². The molecule has 0 atom stereocenters. The quantitative estimate of drug-likeness (QED) is 0.542. The number of pyridine rings is 1. The van der Waals surface area contributed by atoms with Crippen molar-refractivity contribution in [1.82, 2.24) is 30.0 Å². The van der Waals surface area contributed by atoms with Gasteiger partial charge in [-0.2, -0.15) is 5.10 Å². The minimum absolute atomic E-state index is 0.0909. The van der Waals surface area contributed by atoms with E-state index in [1.54, 1.807) is 18.2 Å². The molecule has 0 amide bonds. The average molecular weight is 425 g/mol. The van der Waals surface area contributed by atoms with Crippen molar-refractivity contribution in [1.29, 1.82) is 0 Å². The number of hydrogen-bond acceptors (Lipinski definition) is 6. The largest absolute Gasteiger partial charge is 0.352 e. The Bertz CT molecular complexity index is 1250. The van der Waals surface area contributed by atoms with Crippen LogP contribution in [0.25, 0.3) is 22.6 Å². The van der Waals surface area contributed by atoms with Gasteiger partial charge in [-0.3, -0.25) is 0 Å². The van der Waals surface area contributed by atoms with Crippen LogP contribution in [0.1, 0.15) is 5.56 Å². The Hall–Kier alpha value is -3.53. The molecule has 1 N–H and O–H groups in total. The summed E-state index contributed by atoms with van der Waals surface area (Å²) in [7, 11) is 0. The highest BCUT2D eigenvalue weighted by molar-refractivity contribution is 5.89. The van der Waals surface area contributed by atoms with Crippen LogP contribution in [0.3, 0.4) is 0 Å². The van der Waals surface area contributed by atoms with E-state index in [0.29, 0.717) is 42.8 Å². The van der Waals surface area contributed by atoms with Crippen molar-refractivity contribution < 1.29 is 13.2 Å². The molecule has 0 aliphatic carbocycles. The van der Waals surface area contributed by atoms with Gasteiger partial charge in [0.2, 0.25) is 0 Å². The van der Waals surface area contributed by atoms with Gasteiger partial charge in [-0.1, -0.05) is 18.2 Å². The summed E-state index contributed by atoms with van der Waals surface area (Å²) in [6.45, 7) is 2.73. The fraction of sp³-hybridized carbons (Fsp3) is 0.238. The minimum atomic E-state index is -0.552. The lowest BCUT2D eigenvalue weighted by Gasteiger charge is -2.28. The van der Waals surface area contributed by atoms with Gasteiger partial charge < -0.3 is 10.2 Å². The Balaban J connectivity index is 1.62. The lowest BCUT2D eigenvalue weighted by Crippen LogP contribution is -2.44. The third-order valence-electron chi connectivity index (χ3n) is 5.19. The number of nitrogens with zero attached hydrogens (tertiary/aromatic N) is 6. The van der Waals surface area contributed by atoms with E-state index in [2.05, 4.69) is 25.4 Å². The van der Waals surface area contributed by atoms with E-state index in [0.717, 1.165) is 12.4 Å². The molecule has 1 saturated heterocycles. The van der Waals surface area contributed by atoms with Crippen molar-refractivity contribution in [2.75, 3.05) is 31.1 Å². The minimum Gasteiger partial charge on any atom is -0.352 e. The smallest absolute Gasteiger partial charge is 0.183 e. The van der Waals surface area contributed by atoms with Crippen LogP contribution in [0, 0.1) is 17.5 Å². The van der Waals surface area contributed by atoms with Gasteiger partial charge in [-0.25, -0.2) is 32.8 Å². The van der Waals surface area contributed by atoms with Crippen molar-refractivity contribution in [2.24, 2.45) is 0 Å². The van der Waals surface area contributed by atoms with E-state index in [-0.39, 0.29) is 29.7 Å². The molecule has 1 aliphatic heterocycles. The van der Waals surface area contributed by atoms with E-state index in [9.17, 15) is 13.2 Å². The summed E-state index contributed by atoms with van der Waals surface area (Å²) in [5, 5.41) is 8.07. The molecule has 0 radical (unpaired) electrons. The third-order valence-corrected chi connectivity index (χ3v) is 5.19. The van der Waals surface area contributed by atoms with E-state index >= 15 is 0 Å². The van der Waals surface area contributed by atoms with E-state index in [4.69, 9.17) is 0 Å². The number of halogens is 3. The van der Waals surface area contributed by atoms with Crippen LogP contribution in [-0.4, -0.2) is 50.9 Å². The maximum Gasteiger partial charge on any atom is 0.183 e. The van der Waals surface area contributed by atoms with Crippen LogP contribution in [0.2, 0.25) is 0 Å². The fourth-order valence-electron chi connectivity index (χ4n) is 3.67. The van der Waals surface area contributed by atoms with E-state index in [1.165, 1.54) is 16.8 Å². The number of anilines is 1. The summed E-state index contributed by atoms with van der Waals surface area (Å²) in [4.78, 5) is 14.5. The predicted molar refractivity (Wildman–Crippen MR) is 109 cm³/mol. The monoisotopic (exact) mass is 425 g/mol. The number of rotatable bonds is 4. The van der Waals surface area contributed by atoms with Crippen molar-refractivity contribution in [3.8, 4) is 11.5 Å². The molecule has 0 saturated carbocycles. The molecule has 10 heteroatoms. The van der Waals surface area contributed by atoms with Crippen LogP contribution in [0.15, 0.2) is 42.7 Å². The first kappa shape index (κ1) is 19.4. The van der Waals surface area contributed by atoms with Gasteiger partial charge in [0.1, 0.15) is 17.3 Å². The van der Waals surface area contributed by atoms with Gasteiger partial charge in [0.15, 0.2) is 23.1 Å². The molecule has 5 rings (SSSR count). The zero-order chi connectivity index (χ0) is 21.4. The summed E-state index contributed by atoms with van der Waals surface area (Å²) < 4.78 is 44.1. The van der Waals surface area contributed by atoms with Crippen LogP contribution in [0.4, 0.5) is 19.0 Å². The number of aromatic nitrogens is 5. The SMILES string of the molecule is Fc1cnc2c(c1)c(-c1ncc(F)c(N3CCNCC3)n1)nn2Cc1ccccc1F. The average Bonchev–Trinajstić information content (AvgIpc) is 3.13. The molecule has 158 valence electrons. The first-order valence-electron chi connectivity index (χ1n) is 9.84. The second kappa shape index (κ2) is 7.95. The van der Waals surface area contributed by atoms with Crippen LogP contribution in [0.5, 0.6) is 0 Å². The molecule has 31 heavy (non-hydrogen) atoms. The van der Waals surface area contributed by atoms with Gasteiger partial charge in [0.05, 0.1) is 24.3 Å². The molecule has 4 aromatic rings. The molecule has 1 aliphatic rings. The second-order valence-corrected chi connectivity index (χ2v) is 7.22. The first-order chi connectivity index (χ1) is 15.1. The third kappa shape index (κ3) is 3.70. The van der Waals surface area contributed by atoms with Gasteiger partial charge in [-0.05, 0) is 12.1 Å². The van der Waals surface area contributed by atoms with Gasteiger partial charge >= 0.3 is 0 Å². The van der Waals surface area contributed by atoms with Crippen molar-refractivity contribution in [3.63, 3.8) is 0 Å². The Labute approximate surface area is 175 Å². The Kier molecular flexibility index (Phi) is 4.99. The highest BCUT2D eigenvalue weighted by Gasteiger charge is 2.22. The zero-order valence-electron chi connectivity index (χ0n) is 16.4. The molecule has 1 aromatic carbocycles. The van der Waals surface area contributed by atoms with Gasteiger partial charge in [0, 0.05) is 31.7 Å². The van der Waals surface area contributed by atoms with Crippen LogP contribution < -0.4 is 10.2 Å². The molecule has 4 heterocycles. The molecule has 0 bridgehead atoms. The van der Waals surface area contributed by atoms with Crippen molar-refractivity contribution in [3.05, 3.63) is 65.7 Å². The van der Waals surface area contributed by atoms with E-state index < -0.39 is 11.6 Å². The Morgan fingerprint density at radius 2 is 1.77 bits per heavy atom. The van der Waals surface area contributed by atoms with Crippen molar-refractivity contribution >= 4 is 16.9 Å². The lowest BCUT2D eigenvalue weighted by molar-refractivity contribution is 0.556. The van der Waals surface area contributed by atoms with Gasteiger partial charge in [0.25, 0.3) is 0 Å². The lowest BCUT2D eigenvalue weighted by atomic mass is 10.2. The summed E-state index contributed by atoms with van der Waals surface area (Å²) in [6, 6.07) is 7.60. The molecule has 1 fully saturated rings. The zero-order valence-corrected chi connectivity index (χ0v) is 16.4. The molecule has 7 nitrogen and oxygen atoms in total. The second-order valence-electron chi connectivity index (χ2n) is 7.22. The highest BCUT2D eigenvalue weighted by atomic mass is 19.1. The normalized spacial score (nSPS) is 14.4. The summed E-state index contributed by atoms with van der Waals surface area (Å²) >= 11 is 0. The maximum absolute atomic E-state index is 14.5. The topological polar surface area (TPSA) is 71.8 Å². The molecular formula is C21H18F3N7. The maximum atomic E-state index is 14.5. The van der Waals surface area contributed by atoms with Gasteiger partial charge in [-0.15, -0.1) is 0 Å². The summed E-state index contributed by atoms with van der Waals surface area (Å²) in [6.07, 6.45) is 2.16. The molecule has 0 spiro atoms. The first-order valence-corrected chi connectivity index (χ1v) is 9.84. The summed E-state index contributed by atoms with van der Waals surface area (Å²) in [5.41, 5.74) is 1.03. The standard InChI is InChI=1S/C21H18F3N7/c22-14-9-15-18(19-26-11-17(24)21(28-19)30-7-5-25-6-8-30)29-31(20(15)27-10-14)12-13-3-1-2-4-16(13)23/h1-4,9-11,25H,5-8,12H2. The molecular weight excluding hydrogens is 407 g/mol. The van der Waals surface area contributed by atoms with Crippen LogP contribution in [-0.2, 0) is 6.54 Å². The molecule has 0 unspecified atom stereocenters. The number of hydrogen-bond donors (Lipinski definition) is 1. The summed E-state index contributed by atoms with van der Waals surface area (Å²) in [5.74, 6) is -1.14. The number of fused-ring (bicyclic) bond motifs is 1.